The first-order chi connectivity index (χ1) is 13.0. The van der Waals surface area contributed by atoms with E-state index in [9.17, 15) is 14.7 Å². The lowest BCUT2D eigenvalue weighted by molar-refractivity contribution is -0.205. The number of rotatable bonds is 3. The van der Waals surface area contributed by atoms with Crippen molar-refractivity contribution >= 4 is 16.9 Å². The highest BCUT2D eigenvalue weighted by molar-refractivity contribution is 5.87. The van der Waals surface area contributed by atoms with Gasteiger partial charge >= 0.3 is 17.4 Å². The van der Waals surface area contributed by atoms with Gasteiger partial charge in [0.2, 0.25) is 0 Å². The molecule has 0 fully saturated rings. The van der Waals surface area contributed by atoms with Crippen molar-refractivity contribution in [3.63, 3.8) is 0 Å². The number of fused-ring (bicyclic) bond motifs is 3. The minimum Gasteiger partial charge on any atom is -0.461 e. The SMILES string of the molecule is CCOC(=O)[C@]1(O)C[C@@H](c2ccccc2)c2c(c3ccccc3oc2=O)O1. The monoisotopic (exact) mass is 366 g/mol. The quantitative estimate of drug-likeness (QED) is 0.567. The summed E-state index contributed by atoms with van der Waals surface area (Å²) in [7, 11) is 0. The molecular weight excluding hydrogens is 348 g/mol. The van der Waals surface area contributed by atoms with Crippen molar-refractivity contribution in [3.05, 3.63) is 76.1 Å². The van der Waals surface area contributed by atoms with E-state index >= 15 is 0 Å². The van der Waals surface area contributed by atoms with Crippen LogP contribution in [0.4, 0.5) is 0 Å². The van der Waals surface area contributed by atoms with E-state index in [4.69, 9.17) is 13.9 Å². The molecule has 1 N–H and O–H groups in total. The molecule has 2 atom stereocenters. The standard InChI is InChI=1S/C21H18O6/c1-2-25-20(23)21(24)12-15(13-8-4-3-5-9-13)17-18(27-21)14-10-6-7-11-16(14)26-19(17)22/h3-11,15,24H,2,12H2,1H3/t15-,21-/m0/s1. The van der Waals surface area contributed by atoms with Crippen LogP contribution in [-0.2, 0) is 9.53 Å². The van der Waals surface area contributed by atoms with Gasteiger partial charge in [-0.15, -0.1) is 0 Å². The lowest BCUT2D eigenvalue weighted by atomic mass is 9.83. The predicted molar refractivity (Wildman–Crippen MR) is 97.6 cm³/mol. The van der Waals surface area contributed by atoms with Crippen molar-refractivity contribution in [1.82, 2.24) is 0 Å². The van der Waals surface area contributed by atoms with Gasteiger partial charge in [-0.05, 0) is 24.6 Å². The highest BCUT2D eigenvalue weighted by Crippen LogP contribution is 2.45. The Labute approximate surface area is 155 Å². The molecule has 6 nitrogen and oxygen atoms in total. The van der Waals surface area contributed by atoms with E-state index in [2.05, 4.69) is 0 Å². The lowest BCUT2D eigenvalue weighted by Crippen LogP contribution is -2.50. The number of ether oxygens (including phenoxy) is 2. The van der Waals surface area contributed by atoms with Gasteiger partial charge in [-0.3, -0.25) is 0 Å². The summed E-state index contributed by atoms with van der Waals surface area (Å²) in [5.74, 6) is -3.50. The molecule has 1 aliphatic rings. The molecule has 0 saturated heterocycles. The first-order valence-electron chi connectivity index (χ1n) is 8.73. The number of esters is 1. The van der Waals surface area contributed by atoms with Crippen molar-refractivity contribution in [2.45, 2.75) is 25.0 Å². The summed E-state index contributed by atoms with van der Waals surface area (Å²) >= 11 is 0. The van der Waals surface area contributed by atoms with Crippen LogP contribution in [0.3, 0.4) is 0 Å². The molecule has 0 radical (unpaired) electrons. The Morgan fingerprint density at radius 2 is 1.89 bits per heavy atom. The molecular formula is C21H18O6. The van der Waals surface area contributed by atoms with Crippen LogP contribution in [0.1, 0.15) is 30.4 Å². The van der Waals surface area contributed by atoms with Crippen LogP contribution in [0.2, 0.25) is 0 Å². The Balaban J connectivity index is 1.98. The van der Waals surface area contributed by atoms with E-state index in [1.54, 1.807) is 31.2 Å². The third kappa shape index (κ3) is 2.88. The van der Waals surface area contributed by atoms with Gasteiger partial charge in [-0.25, -0.2) is 9.59 Å². The molecule has 1 aliphatic heterocycles. The number of carbonyl (C=O) groups excluding carboxylic acids is 1. The zero-order valence-corrected chi connectivity index (χ0v) is 14.7. The molecule has 3 aromatic rings. The average molecular weight is 366 g/mol. The zero-order valence-electron chi connectivity index (χ0n) is 14.7. The van der Waals surface area contributed by atoms with Crippen molar-refractivity contribution in [2.24, 2.45) is 0 Å². The van der Waals surface area contributed by atoms with Gasteiger partial charge in [0.25, 0.3) is 0 Å². The number of benzene rings is 2. The van der Waals surface area contributed by atoms with Gasteiger partial charge in [0.05, 0.1) is 17.6 Å². The van der Waals surface area contributed by atoms with Gasteiger partial charge in [0.15, 0.2) is 0 Å². The molecule has 0 saturated carbocycles. The van der Waals surface area contributed by atoms with Crippen LogP contribution in [0, 0.1) is 0 Å². The second kappa shape index (κ2) is 6.55. The Morgan fingerprint density at radius 3 is 2.63 bits per heavy atom. The normalized spacial score (nSPS) is 21.3. The Kier molecular flexibility index (Phi) is 4.20. The second-order valence-corrected chi connectivity index (χ2v) is 6.40. The lowest BCUT2D eigenvalue weighted by Gasteiger charge is -2.36. The Bertz CT molecular complexity index is 1060. The number of aliphatic hydroxyl groups is 1. The van der Waals surface area contributed by atoms with Crippen molar-refractivity contribution in [3.8, 4) is 5.75 Å². The molecule has 138 valence electrons. The molecule has 1 aromatic heterocycles. The number of hydrogen-bond donors (Lipinski definition) is 1. The van der Waals surface area contributed by atoms with Gasteiger partial charge in [-0.1, -0.05) is 42.5 Å². The van der Waals surface area contributed by atoms with Gasteiger partial charge in [-0.2, -0.15) is 0 Å². The topological polar surface area (TPSA) is 86.0 Å². The van der Waals surface area contributed by atoms with Crippen LogP contribution in [0.15, 0.2) is 63.8 Å². The summed E-state index contributed by atoms with van der Waals surface area (Å²) in [6, 6.07) is 16.0. The van der Waals surface area contributed by atoms with Crippen molar-refractivity contribution < 1.29 is 23.8 Å². The molecule has 0 unspecified atom stereocenters. The highest BCUT2D eigenvalue weighted by Gasteiger charge is 2.49. The van der Waals surface area contributed by atoms with Crippen LogP contribution in [0.5, 0.6) is 5.75 Å². The predicted octanol–water partition coefficient (Wildman–Crippen LogP) is 2.96. The molecule has 0 amide bonds. The second-order valence-electron chi connectivity index (χ2n) is 6.40. The fraction of sp³-hybridized carbons (Fsp3) is 0.238. The van der Waals surface area contributed by atoms with Gasteiger partial charge in [0, 0.05) is 12.3 Å². The fourth-order valence-corrected chi connectivity index (χ4v) is 3.47. The van der Waals surface area contributed by atoms with E-state index in [1.807, 2.05) is 30.3 Å². The molecule has 0 aliphatic carbocycles. The van der Waals surface area contributed by atoms with E-state index < -0.39 is 23.3 Å². The summed E-state index contributed by atoms with van der Waals surface area (Å²) in [5.41, 5.74) is 0.825. The van der Waals surface area contributed by atoms with Crippen LogP contribution >= 0.6 is 0 Å². The summed E-state index contributed by atoms with van der Waals surface area (Å²) in [5, 5.41) is 11.5. The molecule has 2 aromatic carbocycles. The first kappa shape index (κ1) is 17.3. The molecule has 4 rings (SSSR count). The summed E-state index contributed by atoms with van der Waals surface area (Å²) < 4.78 is 16.2. The number of para-hydroxylation sites is 1. The molecule has 0 bridgehead atoms. The van der Waals surface area contributed by atoms with Gasteiger partial charge in [0.1, 0.15) is 11.3 Å². The third-order valence-electron chi connectivity index (χ3n) is 4.70. The largest absolute Gasteiger partial charge is 0.461 e. The molecule has 2 heterocycles. The number of hydrogen-bond acceptors (Lipinski definition) is 6. The van der Waals surface area contributed by atoms with E-state index in [1.165, 1.54) is 0 Å². The van der Waals surface area contributed by atoms with Crippen molar-refractivity contribution in [1.29, 1.82) is 0 Å². The van der Waals surface area contributed by atoms with Crippen LogP contribution < -0.4 is 10.4 Å². The van der Waals surface area contributed by atoms with E-state index in [0.717, 1.165) is 5.56 Å². The Hall–Kier alpha value is -3.12. The Morgan fingerprint density at radius 1 is 1.19 bits per heavy atom. The smallest absolute Gasteiger partial charge is 0.379 e. The van der Waals surface area contributed by atoms with Crippen LogP contribution in [0.25, 0.3) is 11.0 Å². The highest BCUT2D eigenvalue weighted by atomic mass is 16.7. The fourth-order valence-electron chi connectivity index (χ4n) is 3.47. The maximum atomic E-state index is 12.7. The zero-order chi connectivity index (χ0) is 19.0. The first-order valence-corrected chi connectivity index (χ1v) is 8.73. The van der Waals surface area contributed by atoms with E-state index in [0.29, 0.717) is 11.0 Å². The maximum absolute atomic E-state index is 12.7. The van der Waals surface area contributed by atoms with E-state index in [-0.39, 0.29) is 24.3 Å². The summed E-state index contributed by atoms with van der Waals surface area (Å²) in [4.78, 5) is 25.2. The summed E-state index contributed by atoms with van der Waals surface area (Å²) in [6.07, 6.45) is -0.147. The number of carbonyl (C=O) groups is 1. The maximum Gasteiger partial charge on any atom is 0.379 e. The van der Waals surface area contributed by atoms with Crippen LogP contribution in [-0.4, -0.2) is 23.5 Å². The van der Waals surface area contributed by atoms with Crippen molar-refractivity contribution in [2.75, 3.05) is 6.61 Å². The third-order valence-corrected chi connectivity index (χ3v) is 4.70. The van der Waals surface area contributed by atoms with Gasteiger partial charge < -0.3 is 19.0 Å². The summed E-state index contributed by atoms with van der Waals surface area (Å²) in [6.45, 7) is 1.75. The minimum atomic E-state index is -2.19. The minimum absolute atomic E-state index is 0.102. The molecule has 0 spiro atoms. The average Bonchev–Trinajstić information content (AvgIpc) is 2.68. The molecule has 27 heavy (non-hydrogen) atoms. The molecule has 6 heteroatoms.